The molecule has 0 aromatic heterocycles. The van der Waals surface area contributed by atoms with Gasteiger partial charge in [-0.05, 0) is 56.9 Å². The van der Waals surface area contributed by atoms with Crippen molar-refractivity contribution in [3.05, 3.63) is 48.6 Å². The first-order valence-electron chi connectivity index (χ1n) is 15.2. The highest BCUT2D eigenvalue weighted by atomic mass is 16.5. The molecule has 1 N–H and O–H groups in total. The van der Waals surface area contributed by atoms with Crippen molar-refractivity contribution in [1.29, 1.82) is 0 Å². The van der Waals surface area contributed by atoms with E-state index < -0.39 is 29.1 Å². The molecule has 0 radical (unpaired) electrons. The number of aliphatic hydroxyl groups excluding tert-OH is 1. The maximum Gasteiger partial charge on any atom is 0.249 e. The summed E-state index contributed by atoms with van der Waals surface area (Å²) in [5.41, 5.74) is -1.55. The van der Waals surface area contributed by atoms with Gasteiger partial charge in [0.25, 0.3) is 0 Å². The van der Waals surface area contributed by atoms with Crippen LogP contribution in [0.2, 0.25) is 0 Å². The van der Waals surface area contributed by atoms with Crippen LogP contribution in [0.15, 0.2) is 48.6 Å². The summed E-state index contributed by atoms with van der Waals surface area (Å²) in [6.45, 7) is 8.26. The van der Waals surface area contributed by atoms with E-state index in [1.54, 1.807) is 9.80 Å². The summed E-state index contributed by atoms with van der Waals surface area (Å²) in [6, 6.07) is 6.56. The molecule has 4 heterocycles. The molecule has 222 valence electrons. The number of carbonyl (C=O) groups is 3. The SMILES string of the molecule is CCCCN1CC=C[C@]23O[C@]4(CC)C=CCN(c5ccc(OCC)cc5)C(=O)[C@@H]4[C@H]2C(=O)N(CCCCO)C3C1=O. The molecule has 41 heavy (non-hydrogen) atoms. The van der Waals surface area contributed by atoms with Crippen LogP contribution in [0.3, 0.4) is 0 Å². The maximum atomic E-state index is 14.6. The average molecular weight is 566 g/mol. The van der Waals surface area contributed by atoms with Gasteiger partial charge in [0.1, 0.15) is 17.4 Å². The molecule has 0 aliphatic carbocycles. The second-order valence-electron chi connectivity index (χ2n) is 11.4. The van der Waals surface area contributed by atoms with E-state index in [-0.39, 0.29) is 24.3 Å². The number of carbonyl (C=O) groups excluding carboxylic acids is 3. The van der Waals surface area contributed by atoms with E-state index in [9.17, 15) is 19.5 Å². The minimum Gasteiger partial charge on any atom is -0.494 e. The van der Waals surface area contributed by atoms with E-state index in [1.165, 1.54) is 0 Å². The molecule has 2 saturated heterocycles. The summed E-state index contributed by atoms with van der Waals surface area (Å²) < 4.78 is 12.6. The number of rotatable bonds is 11. The molecule has 3 amide bonds. The van der Waals surface area contributed by atoms with Gasteiger partial charge in [-0.3, -0.25) is 14.4 Å². The quantitative estimate of drug-likeness (QED) is 0.327. The van der Waals surface area contributed by atoms with Crippen LogP contribution in [0.25, 0.3) is 0 Å². The molecule has 9 heteroatoms. The Morgan fingerprint density at radius 2 is 1.66 bits per heavy atom. The molecule has 5 rings (SSSR count). The monoisotopic (exact) mass is 565 g/mol. The fraction of sp³-hybridized carbons (Fsp3) is 0.594. The van der Waals surface area contributed by atoms with Gasteiger partial charge in [-0.25, -0.2) is 0 Å². The third-order valence-electron chi connectivity index (χ3n) is 9.07. The Labute approximate surface area is 242 Å². The molecule has 0 saturated carbocycles. The van der Waals surface area contributed by atoms with Crippen molar-refractivity contribution < 1.29 is 29.0 Å². The highest BCUT2D eigenvalue weighted by Crippen LogP contribution is 2.58. The lowest BCUT2D eigenvalue weighted by atomic mass is 9.73. The molecule has 9 nitrogen and oxygen atoms in total. The Kier molecular flexibility index (Phi) is 8.57. The van der Waals surface area contributed by atoms with Crippen molar-refractivity contribution in [2.75, 3.05) is 44.3 Å². The predicted molar refractivity (Wildman–Crippen MR) is 155 cm³/mol. The van der Waals surface area contributed by atoms with Gasteiger partial charge in [0.2, 0.25) is 17.7 Å². The minimum atomic E-state index is -1.25. The smallest absolute Gasteiger partial charge is 0.249 e. The van der Waals surface area contributed by atoms with Crippen molar-refractivity contribution in [3.8, 4) is 5.75 Å². The molecule has 5 atom stereocenters. The van der Waals surface area contributed by atoms with Gasteiger partial charge in [0.15, 0.2) is 0 Å². The molecule has 4 aliphatic heterocycles. The van der Waals surface area contributed by atoms with E-state index >= 15 is 0 Å². The van der Waals surface area contributed by atoms with Crippen molar-refractivity contribution in [3.63, 3.8) is 0 Å². The zero-order valence-electron chi connectivity index (χ0n) is 24.5. The van der Waals surface area contributed by atoms with E-state index in [1.807, 2.05) is 67.3 Å². The zero-order chi connectivity index (χ0) is 29.2. The number of anilines is 1. The van der Waals surface area contributed by atoms with Crippen LogP contribution in [-0.2, 0) is 19.1 Å². The van der Waals surface area contributed by atoms with Crippen LogP contribution in [0.5, 0.6) is 5.75 Å². The second kappa shape index (κ2) is 12.0. The minimum absolute atomic E-state index is 0.0101. The highest BCUT2D eigenvalue weighted by molar-refractivity contribution is 6.04. The van der Waals surface area contributed by atoms with Gasteiger partial charge in [-0.2, -0.15) is 0 Å². The fourth-order valence-corrected chi connectivity index (χ4v) is 7.11. The van der Waals surface area contributed by atoms with E-state index in [0.29, 0.717) is 52.0 Å². The predicted octanol–water partition coefficient (Wildman–Crippen LogP) is 3.32. The molecule has 4 aliphatic rings. The number of nitrogens with zero attached hydrogens (tertiary/aromatic N) is 3. The molecule has 1 unspecified atom stereocenters. The van der Waals surface area contributed by atoms with Gasteiger partial charge in [0, 0.05) is 38.5 Å². The Hall–Kier alpha value is -3.17. The standard InChI is InChI=1S/C32H43N3O6/c1-4-7-18-33-19-11-17-32-26(29(38)35(20-8-9-22-36)27(32)30(33)39)25-28(37)34(21-10-16-31(25,5-2)41-32)23-12-14-24(15-13-23)40-6-3/h10-17,25-27,36H,4-9,18-22H2,1-3H3/t25-,26-,27?,31+,32-/m0/s1. The van der Waals surface area contributed by atoms with Gasteiger partial charge < -0.3 is 29.3 Å². The first-order chi connectivity index (χ1) is 19.9. The summed E-state index contributed by atoms with van der Waals surface area (Å²) in [7, 11) is 0. The molecule has 0 bridgehead atoms. The summed E-state index contributed by atoms with van der Waals surface area (Å²) in [5, 5.41) is 9.43. The van der Waals surface area contributed by atoms with Crippen molar-refractivity contribution in [1.82, 2.24) is 9.80 Å². The number of aliphatic hydroxyl groups is 1. The van der Waals surface area contributed by atoms with Crippen LogP contribution >= 0.6 is 0 Å². The maximum absolute atomic E-state index is 14.6. The van der Waals surface area contributed by atoms with Crippen molar-refractivity contribution in [2.24, 2.45) is 11.8 Å². The molecular formula is C32H43N3O6. The lowest BCUT2D eigenvalue weighted by Gasteiger charge is -2.38. The lowest BCUT2D eigenvalue weighted by Crippen LogP contribution is -2.56. The Morgan fingerprint density at radius 3 is 2.34 bits per heavy atom. The number of ether oxygens (including phenoxy) is 2. The number of unbranched alkanes of at least 4 members (excludes halogenated alkanes) is 2. The molecule has 2 fully saturated rings. The number of hydrogen-bond donors (Lipinski definition) is 1. The molecule has 1 spiro atoms. The van der Waals surface area contributed by atoms with Gasteiger partial charge in [-0.1, -0.05) is 44.6 Å². The third kappa shape index (κ3) is 4.87. The first-order valence-corrected chi connectivity index (χ1v) is 15.2. The normalized spacial score (nSPS) is 30.8. The fourth-order valence-electron chi connectivity index (χ4n) is 7.11. The van der Waals surface area contributed by atoms with Crippen molar-refractivity contribution >= 4 is 23.4 Å². The summed E-state index contributed by atoms with van der Waals surface area (Å²) >= 11 is 0. The van der Waals surface area contributed by atoms with Crippen molar-refractivity contribution in [2.45, 2.75) is 70.1 Å². The average Bonchev–Trinajstić information content (AvgIpc) is 3.26. The topological polar surface area (TPSA) is 99.6 Å². The van der Waals surface area contributed by atoms with Gasteiger partial charge >= 0.3 is 0 Å². The van der Waals surface area contributed by atoms with E-state index in [4.69, 9.17) is 9.47 Å². The van der Waals surface area contributed by atoms with Gasteiger partial charge in [0.05, 0.1) is 24.0 Å². The number of amides is 3. The van der Waals surface area contributed by atoms with Crippen LogP contribution < -0.4 is 9.64 Å². The summed E-state index contributed by atoms with van der Waals surface area (Å²) in [6.07, 6.45) is 11.1. The largest absolute Gasteiger partial charge is 0.494 e. The molecule has 1 aromatic carbocycles. The Bertz CT molecular complexity index is 1200. The highest BCUT2D eigenvalue weighted by Gasteiger charge is 2.75. The number of likely N-dealkylation sites (tertiary alicyclic amines) is 1. The number of benzene rings is 1. The van der Waals surface area contributed by atoms with Gasteiger partial charge in [-0.15, -0.1) is 0 Å². The van der Waals surface area contributed by atoms with E-state index in [0.717, 1.165) is 24.3 Å². The lowest BCUT2D eigenvalue weighted by molar-refractivity contribution is -0.152. The molecule has 1 aromatic rings. The Balaban J connectivity index is 1.58. The Morgan fingerprint density at radius 1 is 0.902 bits per heavy atom. The van der Waals surface area contributed by atoms with Crippen LogP contribution in [-0.4, -0.2) is 89.3 Å². The number of fused-ring (bicyclic) bond motifs is 2. The number of hydrogen-bond acceptors (Lipinski definition) is 6. The molecular weight excluding hydrogens is 522 g/mol. The summed E-state index contributed by atoms with van der Waals surface area (Å²) in [4.78, 5) is 48.4. The second-order valence-corrected chi connectivity index (χ2v) is 11.4. The van der Waals surface area contributed by atoms with E-state index in [2.05, 4.69) is 6.92 Å². The first kappa shape index (κ1) is 29.3. The van der Waals surface area contributed by atoms with Crippen LogP contribution in [0.4, 0.5) is 5.69 Å². The zero-order valence-corrected chi connectivity index (χ0v) is 24.5. The van der Waals surface area contributed by atoms with Crippen LogP contribution in [0, 0.1) is 11.8 Å². The van der Waals surface area contributed by atoms with Crippen LogP contribution in [0.1, 0.15) is 52.9 Å². The summed E-state index contributed by atoms with van der Waals surface area (Å²) in [5.74, 6) is -1.45. The third-order valence-corrected chi connectivity index (χ3v) is 9.07.